The molecule has 8 aliphatic rings. The molecule has 4 saturated heterocycles. The van der Waals surface area contributed by atoms with Gasteiger partial charge in [-0.15, -0.1) is 0 Å². The summed E-state index contributed by atoms with van der Waals surface area (Å²) in [5.74, 6) is 2.06. The highest BCUT2D eigenvalue weighted by Gasteiger charge is 2.69. The molecule has 0 amide bonds. The van der Waals surface area contributed by atoms with Crippen molar-refractivity contribution in [3.05, 3.63) is 11.6 Å². The van der Waals surface area contributed by atoms with Gasteiger partial charge in [-0.05, 0) is 87.4 Å². The maximum absolute atomic E-state index is 11.3. The van der Waals surface area contributed by atoms with Crippen molar-refractivity contribution in [2.45, 2.75) is 178 Å². The molecule has 0 radical (unpaired) electrons. The number of aliphatic hydroxyl groups is 6. The highest BCUT2D eigenvalue weighted by atomic mass is 16.8. The number of hydrogen-bond donors (Lipinski definition) is 6. The zero-order chi connectivity index (χ0) is 36.4. The Balaban J connectivity index is 1.05. The summed E-state index contributed by atoms with van der Waals surface area (Å²) in [6.07, 6.45) is -4.22. The molecule has 4 aliphatic carbocycles. The molecular formula is C39H62O12. The van der Waals surface area contributed by atoms with Gasteiger partial charge in [0.1, 0.15) is 36.6 Å². The molecule has 0 bridgehead atoms. The van der Waals surface area contributed by atoms with Crippen LogP contribution in [0.5, 0.6) is 0 Å². The number of ether oxygens (including phenoxy) is 6. The van der Waals surface area contributed by atoms with Gasteiger partial charge in [-0.3, -0.25) is 0 Å². The number of hydrogen-bond acceptors (Lipinski definition) is 12. The van der Waals surface area contributed by atoms with Crippen molar-refractivity contribution in [3.8, 4) is 0 Å². The standard InChI is InChI=1S/C39H62O12/c1-17-9-12-39(46-16-17)18(2)28-26(51-39)15-25-23-8-7-21-13-22(40)14-27(38(21,6)24(23)10-11-37(25,28)5)49-36-34(32(44)30(42)20(4)48-36)50-35-33(45)31(43)29(41)19(3)47-35/h7,17-20,22-36,40-45H,8-16H2,1-6H3/t17-,18+,19+,20-,22-,23-,24+,25+,26+,27-,28+,29+,30-,31-,32+,33-,34-,35+,36+,37+,38+,39-/m1/s1. The van der Waals surface area contributed by atoms with Crippen LogP contribution in [0.25, 0.3) is 0 Å². The van der Waals surface area contributed by atoms with E-state index in [1.165, 1.54) is 5.57 Å². The maximum Gasteiger partial charge on any atom is 0.187 e. The van der Waals surface area contributed by atoms with Crippen molar-refractivity contribution in [2.24, 2.45) is 46.3 Å². The van der Waals surface area contributed by atoms with E-state index in [-0.39, 0.29) is 11.5 Å². The molecule has 6 N–H and O–H groups in total. The summed E-state index contributed by atoms with van der Waals surface area (Å²) in [5, 5.41) is 64.8. The van der Waals surface area contributed by atoms with Gasteiger partial charge in [-0.25, -0.2) is 0 Å². The van der Waals surface area contributed by atoms with Crippen molar-refractivity contribution in [3.63, 3.8) is 0 Å². The molecular weight excluding hydrogens is 660 g/mol. The van der Waals surface area contributed by atoms with Crippen LogP contribution in [0, 0.1) is 46.3 Å². The van der Waals surface area contributed by atoms with Gasteiger partial charge in [0, 0.05) is 24.2 Å². The molecule has 0 aromatic heterocycles. The molecule has 1 spiro atoms. The lowest BCUT2D eigenvalue weighted by Gasteiger charge is -2.60. The summed E-state index contributed by atoms with van der Waals surface area (Å²) < 4.78 is 38.4. The van der Waals surface area contributed by atoms with E-state index in [9.17, 15) is 30.6 Å². The lowest BCUT2D eigenvalue weighted by atomic mass is 9.46. The fourth-order valence-electron chi connectivity index (χ4n) is 12.6. The second-order valence-corrected chi connectivity index (χ2v) is 18.3. The monoisotopic (exact) mass is 722 g/mol. The molecule has 12 heteroatoms. The Labute approximate surface area is 301 Å². The summed E-state index contributed by atoms with van der Waals surface area (Å²) in [4.78, 5) is 0. The summed E-state index contributed by atoms with van der Waals surface area (Å²) >= 11 is 0. The van der Waals surface area contributed by atoms with E-state index >= 15 is 0 Å². The minimum Gasteiger partial charge on any atom is -0.393 e. The molecule has 22 atom stereocenters. The Morgan fingerprint density at radius 1 is 0.765 bits per heavy atom. The predicted octanol–water partition coefficient (Wildman–Crippen LogP) is 2.39. The lowest BCUT2D eigenvalue weighted by Crippen LogP contribution is -2.64. The fraction of sp³-hybridized carbons (Fsp3) is 0.949. The van der Waals surface area contributed by atoms with Gasteiger partial charge in [0.2, 0.25) is 0 Å². The minimum atomic E-state index is -1.61. The number of aliphatic hydroxyl groups excluding tert-OH is 6. The van der Waals surface area contributed by atoms with Crippen LogP contribution in [0.4, 0.5) is 0 Å². The number of fused-ring (bicyclic) bond motifs is 7. The third-order valence-corrected chi connectivity index (χ3v) is 15.6. The first-order valence-corrected chi connectivity index (χ1v) is 19.8. The summed E-state index contributed by atoms with van der Waals surface area (Å²) in [6, 6.07) is 0. The zero-order valence-electron chi connectivity index (χ0n) is 31.0. The Morgan fingerprint density at radius 2 is 1.47 bits per heavy atom. The predicted molar refractivity (Wildman–Crippen MR) is 182 cm³/mol. The number of allylic oxidation sites excluding steroid dienone is 1. The molecule has 290 valence electrons. The molecule has 4 heterocycles. The van der Waals surface area contributed by atoms with E-state index < -0.39 is 84.8 Å². The van der Waals surface area contributed by atoms with Gasteiger partial charge in [-0.1, -0.05) is 39.3 Å². The Hall–Kier alpha value is -0.740. The van der Waals surface area contributed by atoms with Crippen LogP contribution >= 0.6 is 0 Å². The summed E-state index contributed by atoms with van der Waals surface area (Å²) in [5.41, 5.74) is 0.900. The number of rotatable bonds is 4. The molecule has 51 heavy (non-hydrogen) atoms. The largest absolute Gasteiger partial charge is 0.393 e. The van der Waals surface area contributed by atoms with Crippen LogP contribution in [-0.4, -0.2) is 123 Å². The van der Waals surface area contributed by atoms with Crippen LogP contribution in [0.1, 0.15) is 92.9 Å². The average Bonchev–Trinajstić information content (AvgIpc) is 3.54. The molecule has 0 aromatic carbocycles. The third kappa shape index (κ3) is 5.67. The van der Waals surface area contributed by atoms with E-state index in [0.29, 0.717) is 48.3 Å². The molecule has 0 unspecified atom stereocenters. The van der Waals surface area contributed by atoms with Crippen molar-refractivity contribution < 1.29 is 59.1 Å². The van der Waals surface area contributed by atoms with Crippen molar-refractivity contribution in [1.29, 1.82) is 0 Å². The fourth-order valence-corrected chi connectivity index (χ4v) is 12.6. The van der Waals surface area contributed by atoms with Gasteiger partial charge in [0.25, 0.3) is 0 Å². The van der Waals surface area contributed by atoms with Crippen LogP contribution in [0.15, 0.2) is 11.6 Å². The minimum absolute atomic E-state index is 0.130. The normalized spacial score (nSPS) is 59.8. The quantitative estimate of drug-likeness (QED) is 0.234. The van der Waals surface area contributed by atoms with Crippen molar-refractivity contribution in [2.75, 3.05) is 6.61 Å². The molecule has 4 aliphatic heterocycles. The van der Waals surface area contributed by atoms with Crippen molar-refractivity contribution >= 4 is 0 Å². The highest BCUT2D eigenvalue weighted by Crippen LogP contribution is 2.71. The lowest BCUT2D eigenvalue weighted by molar-refractivity contribution is -0.371. The molecule has 8 rings (SSSR count). The Bertz CT molecular complexity index is 1320. The maximum atomic E-state index is 11.3. The van der Waals surface area contributed by atoms with Crippen molar-refractivity contribution in [1.82, 2.24) is 0 Å². The smallest absolute Gasteiger partial charge is 0.187 e. The molecule has 7 fully saturated rings. The Kier molecular flexibility index (Phi) is 9.62. The first-order valence-electron chi connectivity index (χ1n) is 19.8. The van der Waals surface area contributed by atoms with Crippen LogP contribution in [0.3, 0.4) is 0 Å². The topological polar surface area (TPSA) is 177 Å². The second-order valence-electron chi connectivity index (χ2n) is 18.3. The zero-order valence-corrected chi connectivity index (χ0v) is 31.0. The highest BCUT2D eigenvalue weighted by molar-refractivity contribution is 5.29. The van der Waals surface area contributed by atoms with Crippen LogP contribution in [0.2, 0.25) is 0 Å². The molecule has 12 nitrogen and oxygen atoms in total. The van der Waals surface area contributed by atoms with E-state index in [1.54, 1.807) is 13.8 Å². The van der Waals surface area contributed by atoms with Gasteiger partial charge >= 0.3 is 0 Å². The Morgan fingerprint density at radius 3 is 2.18 bits per heavy atom. The second kappa shape index (κ2) is 13.2. The van der Waals surface area contributed by atoms with Crippen LogP contribution < -0.4 is 0 Å². The molecule has 0 aromatic rings. The van der Waals surface area contributed by atoms with Gasteiger partial charge in [0.15, 0.2) is 18.4 Å². The average molecular weight is 723 g/mol. The van der Waals surface area contributed by atoms with Gasteiger partial charge in [-0.2, -0.15) is 0 Å². The van der Waals surface area contributed by atoms with E-state index in [0.717, 1.165) is 45.1 Å². The molecule has 3 saturated carbocycles. The summed E-state index contributed by atoms with van der Waals surface area (Å²) in [7, 11) is 0. The third-order valence-electron chi connectivity index (χ3n) is 15.6. The van der Waals surface area contributed by atoms with Crippen LogP contribution in [-0.2, 0) is 28.4 Å². The van der Waals surface area contributed by atoms with E-state index in [4.69, 9.17) is 28.4 Å². The first kappa shape index (κ1) is 37.2. The van der Waals surface area contributed by atoms with E-state index in [1.807, 2.05) is 0 Å². The van der Waals surface area contributed by atoms with Gasteiger partial charge < -0.3 is 59.1 Å². The SMILES string of the molecule is C[C@@H]1CC[C@@]2(OC1)O[C@H]1C[C@H]3[C@@H]4CC=C5C[C@@H](O)C[C@@H](O[C@@H]6O[C@H](C)[C@@H](O)[C@H](O)[C@H]6O[C@@H]6O[C@@H](C)[C@H](O)[C@@H](O)[C@H]6O)[C@]5(C)[C@H]4CC[C@]3(C)[C@H]1[C@@H]2C. The van der Waals surface area contributed by atoms with Gasteiger partial charge in [0.05, 0.1) is 37.1 Å². The first-order chi connectivity index (χ1) is 24.1. The summed E-state index contributed by atoms with van der Waals surface area (Å²) in [6.45, 7) is 13.4. The van der Waals surface area contributed by atoms with E-state index in [2.05, 4.69) is 33.8 Å².